The summed E-state index contributed by atoms with van der Waals surface area (Å²) in [4.78, 5) is 24.6. The number of aliphatic hydroxyl groups is 1. The van der Waals surface area contributed by atoms with Gasteiger partial charge in [-0.1, -0.05) is 17.7 Å². The number of likely N-dealkylation sites (tertiary alicyclic amines) is 1. The van der Waals surface area contributed by atoms with Gasteiger partial charge in [-0.15, -0.1) is 0 Å². The van der Waals surface area contributed by atoms with E-state index in [1.807, 2.05) is 0 Å². The maximum Gasteiger partial charge on any atom is 0.326 e. The van der Waals surface area contributed by atoms with Crippen molar-refractivity contribution in [1.29, 1.82) is 0 Å². The summed E-state index contributed by atoms with van der Waals surface area (Å²) in [7, 11) is 0. The van der Waals surface area contributed by atoms with Gasteiger partial charge in [0.25, 0.3) is 5.91 Å². The van der Waals surface area contributed by atoms with Gasteiger partial charge >= 0.3 is 5.97 Å². The normalized spacial score (nSPS) is 22.6. The fourth-order valence-electron chi connectivity index (χ4n) is 2.10. The van der Waals surface area contributed by atoms with Crippen molar-refractivity contribution in [3.05, 3.63) is 33.3 Å². The molecule has 1 heterocycles. The van der Waals surface area contributed by atoms with Gasteiger partial charge < -0.3 is 15.1 Å². The minimum Gasteiger partial charge on any atom is -0.480 e. The average molecular weight is 349 g/mol. The van der Waals surface area contributed by atoms with E-state index in [9.17, 15) is 14.7 Å². The zero-order valence-corrected chi connectivity index (χ0v) is 12.1. The number of β-amino-alcohol motifs (C(OH)–C–C–N with tert-alkyl or cyclic N) is 1. The molecule has 2 N–H and O–H groups in total. The monoisotopic (exact) mass is 347 g/mol. The van der Waals surface area contributed by atoms with E-state index in [1.54, 1.807) is 12.1 Å². The standard InChI is InChI=1S/C12H11BrClNO4/c13-8-3-1-2-7(10(8)14)11(17)15-5-6(16)4-9(15)12(18)19/h1-3,6,9,16H,4-5H2,(H,18,19)/t6-,9-/m1/s1. The first-order valence-electron chi connectivity index (χ1n) is 5.57. The Morgan fingerprint density at radius 2 is 2.11 bits per heavy atom. The van der Waals surface area contributed by atoms with Gasteiger partial charge in [-0.3, -0.25) is 4.79 Å². The lowest BCUT2D eigenvalue weighted by molar-refractivity contribution is -0.141. The smallest absolute Gasteiger partial charge is 0.326 e. The maximum atomic E-state index is 12.3. The Morgan fingerprint density at radius 1 is 1.42 bits per heavy atom. The molecule has 0 radical (unpaired) electrons. The van der Waals surface area contributed by atoms with E-state index in [2.05, 4.69) is 15.9 Å². The van der Waals surface area contributed by atoms with Crippen molar-refractivity contribution in [2.24, 2.45) is 0 Å². The van der Waals surface area contributed by atoms with E-state index in [-0.39, 0.29) is 23.6 Å². The lowest BCUT2D eigenvalue weighted by Crippen LogP contribution is -2.40. The second kappa shape index (κ2) is 5.48. The van der Waals surface area contributed by atoms with Gasteiger partial charge in [0.15, 0.2) is 0 Å². The van der Waals surface area contributed by atoms with Crippen LogP contribution in [-0.2, 0) is 4.79 Å². The zero-order chi connectivity index (χ0) is 14.2. The summed E-state index contributed by atoms with van der Waals surface area (Å²) >= 11 is 9.24. The van der Waals surface area contributed by atoms with Crippen LogP contribution >= 0.6 is 27.5 Å². The van der Waals surface area contributed by atoms with Gasteiger partial charge in [-0.05, 0) is 28.1 Å². The summed E-state index contributed by atoms with van der Waals surface area (Å²) in [5.41, 5.74) is 0.219. The minimum absolute atomic E-state index is 0.00135. The molecule has 0 saturated carbocycles. The zero-order valence-electron chi connectivity index (χ0n) is 9.72. The van der Waals surface area contributed by atoms with E-state index < -0.39 is 24.0 Å². The molecule has 1 fully saturated rings. The van der Waals surface area contributed by atoms with Crippen LogP contribution in [0.15, 0.2) is 22.7 Å². The molecule has 0 unspecified atom stereocenters. The fraction of sp³-hybridized carbons (Fsp3) is 0.333. The number of rotatable bonds is 2. The van der Waals surface area contributed by atoms with Crippen LogP contribution in [0.4, 0.5) is 0 Å². The summed E-state index contributed by atoms with van der Waals surface area (Å²) in [6.07, 6.45) is -0.789. The molecule has 1 aromatic rings. The molecule has 1 saturated heterocycles. The Kier molecular flexibility index (Phi) is 4.13. The maximum absolute atomic E-state index is 12.3. The van der Waals surface area contributed by atoms with Crippen LogP contribution in [0.5, 0.6) is 0 Å². The molecular formula is C12H11BrClNO4. The van der Waals surface area contributed by atoms with Gasteiger partial charge in [0.2, 0.25) is 0 Å². The number of carboxylic acid groups (broad SMARTS) is 1. The molecule has 5 nitrogen and oxygen atoms in total. The van der Waals surface area contributed by atoms with Crippen LogP contribution in [0.2, 0.25) is 5.02 Å². The topological polar surface area (TPSA) is 77.8 Å². The number of hydrogen-bond acceptors (Lipinski definition) is 3. The van der Waals surface area contributed by atoms with Crippen molar-refractivity contribution < 1.29 is 19.8 Å². The van der Waals surface area contributed by atoms with Gasteiger partial charge in [0.05, 0.1) is 16.7 Å². The Bertz CT molecular complexity index is 536. The van der Waals surface area contributed by atoms with Crippen LogP contribution in [0.25, 0.3) is 0 Å². The molecule has 7 heteroatoms. The first kappa shape index (κ1) is 14.3. The molecule has 1 amide bonds. The second-order valence-electron chi connectivity index (χ2n) is 4.30. The molecule has 1 aromatic carbocycles. The Morgan fingerprint density at radius 3 is 2.74 bits per heavy atom. The molecule has 0 spiro atoms. The predicted octanol–water partition coefficient (Wildman–Crippen LogP) is 1.76. The summed E-state index contributed by atoms with van der Waals surface area (Å²) in [5, 5.41) is 18.8. The summed E-state index contributed by atoms with van der Waals surface area (Å²) in [6, 6.07) is 3.84. The van der Waals surface area contributed by atoms with Crippen molar-refractivity contribution in [1.82, 2.24) is 4.90 Å². The highest BCUT2D eigenvalue weighted by Gasteiger charge is 2.39. The van der Waals surface area contributed by atoms with Crippen molar-refractivity contribution >= 4 is 39.4 Å². The number of nitrogens with zero attached hydrogens (tertiary/aromatic N) is 1. The molecule has 2 rings (SSSR count). The summed E-state index contributed by atoms with van der Waals surface area (Å²) < 4.78 is 0.562. The second-order valence-corrected chi connectivity index (χ2v) is 5.53. The highest BCUT2D eigenvalue weighted by Crippen LogP contribution is 2.29. The number of amides is 1. The molecular weight excluding hydrogens is 337 g/mol. The number of halogens is 2. The van der Waals surface area contributed by atoms with E-state index >= 15 is 0 Å². The van der Waals surface area contributed by atoms with Crippen LogP contribution in [0.3, 0.4) is 0 Å². The first-order valence-corrected chi connectivity index (χ1v) is 6.74. The number of aliphatic carboxylic acids is 1. The van der Waals surface area contributed by atoms with Crippen molar-refractivity contribution in [3.8, 4) is 0 Å². The number of hydrogen-bond donors (Lipinski definition) is 2. The summed E-state index contributed by atoms with van der Waals surface area (Å²) in [6.45, 7) is -0.00135. The third kappa shape index (κ3) is 2.75. The number of carboxylic acids is 1. The minimum atomic E-state index is -1.13. The third-order valence-electron chi connectivity index (χ3n) is 3.01. The molecule has 2 atom stereocenters. The molecule has 19 heavy (non-hydrogen) atoms. The van der Waals surface area contributed by atoms with Crippen molar-refractivity contribution in [3.63, 3.8) is 0 Å². The summed E-state index contributed by atoms with van der Waals surface area (Å²) in [5.74, 6) is -1.62. The fourth-order valence-corrected chi connectivity index (χ4v) is 2.67. The highest BCUT2D eigenvalue weighted by atomic mass is 79.9. The lowest BCUT2D eigenvalue weighted by Gasteiger charge is -2.21. The Labute approximate surface area is 122 Å². The first-order chi connectivity index (χ1) is 8.91. The molecule has 0 aliphatic carbocycles. The number of carbonyl (C=O) groups excluding carboxylic acids is 1. The van der Waals surface area contributed by atoms with Crippen LogP contribution < -0.4 is 0 Å². The van der Waals surface area contributed by atoms with Crippen LogP contribution in [-0.4, -0.2) is 45.7 Å². The third-order valence-corrected chi connectivity index (χ3v) is 4.30. The molecule has 1 aliphatic rings. The van der Waals surface area contributed by atoms with Gasteiger partial charge in [0, 0.05) is 17.4 Å². The molecule has 0 bridgehead atoms. The van der Waals surface area contributed by atoms with E-state index in [0.29, 0.717) is 4.47 Å². The van der Waals surface area contributed by atoms with Crippen LogP contribution in [0, 0.1) is 0 Å². The van der Waals surface area contributed by atoms with Gasteiger partial charge in [-0.25, -0.2) is 4.79 Å². The van der Waals surface area contributed by atoms with E-state index in [4.69, 9.17) is 16.7 Å². The lowest BCUT2D eigenvalue weighted by atomic mass is 10.1. The van der Waals surface area contributed by atoms with E-state index in [0.717, 1.165) is 4.90 Å². The van der Waals surface area contributed by atoms with E-state index in [1.165, 1.54) is 6.07 Å². The number of aliphatic hydroxyl groups excluding tert-OH is 1. The Balaban J connectivity index is 2.33. The average Bonchev–Trinajstić information content (AvgIpc) is 2.74. The molecule has 0 aromatic heterocycles. The van der Waals surface area contributed by atoms with Crippen LogP contribution in [0.1, 0.15) is 16.8 Å². The predicted molar refractivity (Wildman–Crippen MR) is 72.2 cm³/mol. The number of benzene rings is 1. The largest absolute Gasteiger partial charge is 0.480 e. The molecule has 1 aliphatic heterocycles. The highest BCUT2D eigenvalue weighted by molar-refractivity contribution is 9.10. The Hall–Kier alpha value is -1.11. The number of carbonyl (C=O) groups is 2. The quantitative estimate of drug-likeness (QED) is 0.854. The van der Waals surface area contributed by atoms with Crippen molar-refractivity contribution in [2.45, 2.75) is 18.6 Å². The van der Waals surface area contributed by atoms with Gasteiger partial charge in [-0.2, -0.15) is 0 Å². The van der Waals surface area contributed by atoms with Gasteiger partial charge in [0.1, 0.15) is 6.04 Å². The van der Waals surface area contributed by atoms with Crippen molar-refractivity contribution in [2.75, 3.05) is 6.54 Å². The molecule has 102 valence electrons. The SMILES string of the molecule is O=C(O)[C@H]1C[C@@H](O)CN1C(=O)c1cccc(Br)c1Cl.